The zero-order chi connectivity index (χ0) is 11.8. The van der Waals surface area contributed by atoms with Crippen LogP contribution in [0.5, 0.6) is 0 Å². The molecule has 1 heterocycles. The third kappa shape index (κ3) is 5.83. The Morgan fingerprint density at radius 2 is 2.12 bits per heavy atom. The summed E-state index contributed by atoms with van der Waals surface area (Å²) in [5.74, 6) is 0.910. The first kappa shape index (κ1) is 13.9. The van der Waals surface area contributed by atoms with Gasteiger partial charge in [-0.25, -0.2) is 0 Å². The van der Waals surface area contributed by atoms with Crippen LogP contribution >= 0.6 is 0 Å². The highest BCUT2D eigenvalue weighted by Crippen LogP contribution is 2.15. The van der Waals surface area contributed by atoms with Gasteiger partial charge >= 0.3 is 0 Å². The molecule has 0 aromatic rings. The standard InChI is InChI=1S/C13H29N3/c1-14-8-5-4-6-9-15(2)11-13-7-10-16(3)12-13/h13-14H,4-12H2,1-3H3. The van der Waals surface area contributed by atoms with Crippen LogP contribution in [0.3, 0.4) is 0 Å². The van der Waals surface area contributed by atoms with Gasteiger partial charge in [0.25, 0.3) is 0 Å². The van der Waals surface area contributed by atoms with E-state index in [1.807, 2.05) is 7.05 Å². The lowest BCUT2D eigenvalue weighted by Crippen LogP contribution is -2.28. The fourth-order valence-corrected chi connectivity index (χ4v) is 2.57. The van der Waals surface area contributed by atoms with Gasteiger partial charge in [-0.1, -0.05) is 6.42 Å². The lowest BCUT2D eigenvalue weighted by molar-refractivity contribution is 0.268. The number of hydrogen-bond donors (Lipinski definition) is 1. The second kappa shape index (κ2) is 8.04. The fraction of sp³-hybridized carbons (Fsp3) is 1.00. The molecular formula is C13H29N3. The lowest BCUT2D eigenvalue weighted by Gasteiger charge is -2.20. The van der Waals surface area contributed by atoms with Gasteiger partial charge in [-0.3, -0.25) is 0 Å². The SMILES string of the molecule is CNCCCCCN(C)CC1CCN(C)C1. The number of rotatable bonds is 8. The molecule has 1 aliphatic heterocycles. The molecule has 0 radical (unpaired) electrons. The van der Waals surface area contributed by atoms with Crippen LogP contribution in [0.4, 0.5) is 0 Å². The Bertz CT molecular complexity index is 173. The summed E-state index contributed by atoms with van der Waals surface area (Å²) in [5.41, 5.74) is 0. The molecule has 1 unspecified atom stereocenters. The van der Waals surface area contributed by atoms with Gasteiger partial charge in [0.15, 0.2) is 0 Å². The molecule has 0 aliphatic carbocycles. The Balaban J connectivity index is 1.96. The van der Waals surface area contributed by atoms with Crippen molar-refractivity contribution in [1.29, 1.82) is 0 Å². The lowest BCUT2D eigenvalue weighted by atomic mass is 10.1. The summed E-state index contributed by atoms with van der Waals surface area (Å²) >= 11 is 0. The largest absolute Gasteiger partial charge is 0.320 e. The summed E-state index contributed by atoms with van der Waals surface area (Å²) in [6.07, 6.45) is 5.41. The van der Waals surface area contributed by atoms with E-state index in [1.54, 1.807) is 0 Å². The molecule has 1 saturated heterocycles. The van der Waals surface area contributed by atoms with Crippen molar-refractivity contribution in [2.24, 2.45) is 5.92 Å². The average molecular weight is 227 g/mol. The normalized spacial score (nSPS) is 22.1. The Kier molecular flexibility index (Phi) is 7.01. The predicted molar refractivity (Wildman–Crippen MR) is 70.9 cm³/mol. The van der Waals surface area contributed by atoms with E-state index in [0.29, 0.717) is 0 Å². The smallest absolute Gasteiger partial charge is 0.00193 e. The Hall–Kier alpha value is -0.120. The molecule has 0 amide bonds. The number of nitrogens with zero attached hydrogens (tertiary/aromatic N) is 2. The first-order valence-electron chi connectivity index (χ1n) is 6.74. The van der Waals surface area contributed by atoms with Gasteiger partial charge in [0, 0.05) is 13.1 Å². The predicted octanol–water partition coefficient (Wildman–Crippen LogP) is 1.26. The van der Waals surface area contributed by atoms with Crippen molar-refractivity contribution in [1.82, 2.24) is 15.1 Å². The van der Waals surface area contributed by atoms with Crippen LogP contribution in [-0.4, -0.2) is 63.7 Å². The highest BCUT2D eigenvalue weighted by molar-refractivity contribution is 4.75. The first-order chi connectivity index (χ1) is 7.72. The van der Waals surface area contributed by atoms with E-state index < -0.39 is 0 Å². The van der Waals surface area contributed by atoms with Gasteiger partial charge in [-0.05, 0) is 66.0 Å². The third-order valence-corrected chi connectivity index (χ3v) is 3.53. The summed E-state index contributed by atoms with van der Waals surface area (Å²) < 4.78 is 0. The molecule has 0 aromatic heterocycles. The van der Waals surface area contributed by atoms with E-state index >= 15 is 0 Å². The minimum Gasteiger partial charge on any atom is -0.320 e. The van der Waals surface area contributed by atoms with Crippen molar-refractivity contribution < 1.29 is 0 Å². The fourth-order valence-electron chi connectivity index (χ4n) is 2.57. The zero-order valence-electron chi connectivity index (χ0n) is 11.3. The maximum atomic E-state index is 3.20. The monoisotopic (exact) mass is 227 g/mol. The van der Waals surface area contributed by atoms with Crippen LogP contribution in [0, 0.1) is 5.92 Å². The number of unbranched alkanes of at least 4 members (excludes halogenated alkanes) is 2. The van der Waals surface area contributed by atoms with Crippen LogP contribution in [0.15, 0.2) is 0 Å². The molecule has 1 rings (SSSR count). The second-order valence-corrected chi connectivity index (χ2v) is 5.34. The molecule has 1 fully saturated rings. The van der Waals surface area contributed by atoms with Gasteiger partial charge in [-0.2, -0.15) is 0 Å². The van der Waals surface area contributed by atoms with Crippen molar-refractivity contribution in [3.63, 3.8) is 0 Å². The third-order valence-electron chi connectivity index (χ3n) is 3.53. The van der Waals surface area contributed by atoms with Crippen LogP contribution in [-0.2, 0) is 0 Å². The van der Waals surface area contributed by atoms with E-state index in [4.69, 9.17) is 0 Å². The first-order valence-corrected chi connectivity index (χ1v) is 6.74. The van der Waals surface area contributed by atoms with Gasteiger partial charge in [0.05, 0.1) is 0 Å². The Labute approximate surface area is 101 Å². The summed E-state index contributed by atoms with van der Waals surface area (Å²) in [6, 6.07) is 0. The second-order valence-electron chi connectivity index (χ2n) is 5.34. The number of likely N-dealkylation sites (tertiary alicyclic amines) is 1. The average Bonchev–Trinajstić information content (AvgIpc) is 2.63. The quantitative estimate of drug-likeness (QED) is 0.630. The van der Waals surface area contributed by atoms with E-state index in [1.165, 1.54) is 51.9 Å². The van der Waals surface area contributed by atoms with Crippen molar-refractivity contribution >= 4 is 0 Å². The molecule has 16 heavy (non-hydrogen) atoms. The molecule has 1 aliphatic rings. The van der Waals surface area contributed by atoms with Crippen LogP contribution < -0.4 is 5.32 Å². The minimum absolute atomic E-state index is 0.910. The van der Waals surface area contributed by atoms with Crippen LogP contribution in [0.25, 0.3) is 0 Å². The molecule has 0 saturated carbocycles. The van der Waals surface area contributed by atoms with Gasteiger partial charge in [0.1, 0.15) is 0 Å². The maximum absolute atomic E-state index is 3.20. The molecule has 0 spiro atoms. The van der Waals surface area contributed by atoms with E-state index in [0.717, 1.165) is 12.5 Å². The van der Waals surface area contributed by atoms with Crippen LogP contribution in [0.2, 0.25) is 0 Å². The minimum atomic E-state index is 0.910. The topological polar surface area (TPSA) is 18.5 Å². The number of nitrogens with one attached hydrogen (secondary N) is 1. The summed E-state index contributed by atoms with van der Waals surface area (Å²) in [5, 5.41) is 3.20. The molecule has 96 valence electrons. The Morgan fingerprint density at radius 1 is 1.31 bits per heavy atom. The number of hydrogen-bond acceptors (Lipinski definition) is 3. The van der Waals surface area contributed by atoms with Crippen molar-refractivity contribution in [3.8, 4) is 0 Å². The highest BCUT2D eigenvalue weighted by Gasteiger charge is 2.20. The molecule has 1 atom stereocenters. The molecule has 1 N–H and O–H groups in total. The molecular weight excluding hydrogens is 198 g/mol. The Morgan fingerprint density at radius 3 is 2.75 bits per heavy atom. The van der Waals surface area contributed by atoms with Crippen LogP contribution in [0.1, 0.15) is 25.7 Å². The van der Waals surface area contributed by atoms with E-state index in [9.17, 15) is 0 Å². The van der Waals surface area contributed by atoms with Gasteiger partial charge < -0.3 is 15.1 Å². The van der Waals surface area contributed by atoms with Crippen molar-refractivity contribution in [2.45, 2.75) is 25.7 Å². The van der Waals surface area contributed by atoms with Crippen molar-refractivity contribution in [2.75, 3.05) is 53.9 Å². The molecule has 0 aromatic carbocycles. The van der Waals surface area contributed by atoms with E-state index in [-0.39, 0.29) is 0 Å². The zero-order valence-corrected chi connectivity index (χ0v) is 11.3. The van der Waals surface area contributed by atoms with Gasteiger partial charge in [0.2, 0.25) is 0 Å². The maximum Gasteiger partial charge on any atom is 0.00193 e. The summed E-state index contributed by atoms with van der Waals surface area (Å²) in [7, 11) is 6.54. The molecule has 3 nitrogen and oxygen atoms in total. The molecule has 3 heteroatoms. The summed E-state index contributed by atoms with van der Waals surface area (Å²) in [6.45, 7) is 6.31. The highest BCUT2D eigenvalue weighted by atomic mass is 15.1. The van der Waals surface area contributed by atoms with E-state index in [2.05, 4.69) is 29.2 Å². The molecule has 0 bridgehead atoms. The van der Waals surface area contributed by atoms with Gasteiger partial charge in [-0.15, -0.1) is 0 Å². The summed E-state index contributed by atoms with van der Waals surface area (Å²) in [4.78, 5) is 4.97. The van der Waals surface area contributed by atoms with Crippen molar-refractivity contribution in [3.05, 3.63) is 0 Å².